The minimum atomic E-state index is -0.585. The minimum absolute atomic E-state index is 0.0114. The zero-order valence-electron chi connectivity index (χ0n) is 10.6. The number of thiophene rings is 1. The fourth-order valence-electron chi connectivity index (χ4n) is 1.71. The molecule has 0 saturated carbocycles. The molecule has 100 valence electrons. The number of carbonyl (C=O) groups excluding carboxylic acids is 1. The Morgan fingerprint density at radius 1 is 1.61 bits per heavy atom. The molecule has 5 nitrogen and oxygen atoms in total. The van der Waals surface area contributed by atoms with Crippen LogP contribution in [0.3, 0.4) is 0 Å². The molecule has 0 aromatic carbocycles. The van der Waals surface area contributed by atoms with Gasteiger partial charge in [0.05, 0.1) is 0 Å². The standard InChI is InChI=1S/C12H19N3O2S/c1-8(2)10(11(13)15-17)12(16)14-6-5-9-4-3-7-18-9/h3-4,7-8,10,17H,5-6H2,1-2H3,(H2,13,15)(H,14,16). The fourth-order valence-corrected chi connectivity index (χ4v) is 2.42. The third-order valence-corrected chi connectivity index (χ3v) is 3.57. The highest BCUT2D eigenvalue weighted by molar-refractivity contribution is 7.09. The summed E-state index contributed by atoms with van der Waals surface area (Å²) in [5.74, 6) is -0.837. The predicted octanol–water partition coefficient (Wildman–Crippen LogP) is 1.43. The number of nitrogens with zero attached hydrogens (tertiary/aromatic N) is 1. The molecule has 1 rings (SSSR count). The highest BCUT2D eigenvalue weighted by Gasteiger charge is 2.26. The topological polar surface area (TPSA) is 87.7 Å². The van der Waals surface area contributed by atoms with Crippen molar-refractivity contribution >= 4 is 23.1 Å². The molecule has 0 fully saturated rings. The second kappa shape index (κ2) is 7.00. The van der Waals surface area contributed by atoms with Crippen LogP contribution in [0.2, 0.25) is 0 Å². The van der Waals surface area contributed by atoms with Crippen molar-refractivity contribution in [3.63, 3.8) is 0 Å². The Morgan fingerprint density at radius 3 is 2.83 bits per heavy atom. The Labute approximate surface area is 111 Å². The number of amidine groups is 1. The average molecular weight is 269 g/mol. The van der Waals surface area contributed by atoms with Gasteiger partial charge in [-0.15, -0.1) is 11.3 Å². The number of hydrogen-bond donors (Lipinski definition) is 3. The molecule has 1 atom stereocenters. The van der Waals surface area contributed by atoms with E-state index in [0.29, 0.717) is 6.54 Å². The van der Waals surface area contributed by atoms with Gasteiger partial charge in [0.25, 0.3) is 0 Å². The molecule has 0 saturated heterocycles. The van der Waals surface area contributed by atoms with Gasteiger partial charge in [0.1, 0.15) is 5.92 Å². The van der Waals surface area contributed by atoms with Crippen LogP contribution in [0.5, 0.6) is 0 Å². The molecule has 1 aromatic rings. The zero-order chi connectivity index (χ0) is 13.5. The van der Waals surface area contributed by atoms with Crippen LogP contribution in [0.4, 0.5) is 0 Å². The van der Waals surface area contributed by atoms with E-state index in [1.807, 2.05) is 31.4 Å². The summed E-state index contributed by atoms with van der Waals surface area (Å²) in [5, 5.41) is 16.4. The Kier molecular flexibility index (Phi) is 5.64. The lowest BCUT2D eigenvalue weighted by atomic mass is 9.94. The summed E-state index contributed by atoms with van der Waals surface area (Å²) in [6, 6.07) is 4.01. The molecular weight excluding hydrogens is 250 g/mol. The highest BCUT2D eigenvalue weighted by Crippen LogP contribution is 2.12. The molecule has 0 spiro atoms. The van der Waals surface area contributed by atoms with E-state index in [0.717, 1.165) is 6.42 Å². The lowest BCUT2D eigenvalue weighted by Crippen LogP contribution is -2.42. The molecular formula is C12H19N3O2S. The summed E-state index contributed by atoms with van der Waals surface area (Å²) >= 11 is 1.66. The van der Waals surface area contributed by atoms with Crippen molar-refractivity contribution in [2.24, 2.45) is 22.7 Å². The van der Waals surface area contributed by atoms with E-state index >= 15 is 0 Å². The number of rotatable bonds is 6. The van der Waals surface area contributed by atoms with Crippen molar-refractivity contribution in [2.45, 2.75) is 20.3 Å². The van der Waals surface area contributed by atoms with Gasteiger partial charge >= 0.3 is 0 Å². The normalized spacial score (nSPS) is 13.6. The van der Waals surface area contributed by atoms with E-state index in [-0.39, 0.29) is 17.7 Å². The molecule has 0 aliphatic heterocycles. The maximum Gasteiger partial charge on any atom is 0.231 e. The second-order valence-electron chi connectivity index (χ2n) is 4.37. The minimum Gasteiger partial charge on any atom is -0.409 e. The largest absolute Gasteiger partial charge is 0.409 e. The van der Waals surface area contributed by atoms with Crippen LogP contribution >= 0.6 is 11.3 Å². The van der Waals surface area contributed by atoms with Crippen molar-refractivity contribution in [3.05, 3.63) is 22.4 Å². The first-order valence-corrected chi connectivity index (χ1v) is 6.71. The maximum atomic E-state index is 11.9. The van der Waals surface area contributed by atoms with Crippen LogP contribution in [0.15, 0.2) is 22.7 Å². The summed E-state index contributed by atoms with van der Waals surface area (Å²) in [4.78, 5) is 13.2. The quantitative estimate of drug-likeness (QED) is 0.316. The number of carbonyl (C=O) groups is 1. The molecule has 1 aromatic heterocycles. The van der Waals surface area contributed by atoms with Gasteiger partial charge in [-0.1, -0.05) is 25.1 Å². The van der Waals surface area contributed by atoms with E-state index in [1.165, 1.54) is 4.88 Å². The Bertz CT molecular complexity index is 401. The van der Waals surface area contributed by atoms with Crippen LogP contribution in [0.25, 0.3) is 0 Å². The maximum absolute atomic E-state index is 11.9. The predicted molar refractivity (Wildman–Crippen MR) is 72.8 cm³/mol. The molecule has 1 unspecified atom stereocenters. The van der Waals surface area contributed by atoms with Crippen LogP contribution in [-0.2, 0) is 11.2 Å². The fraction of sp³-hybridized carbons (Fsp3) is 0.500. The molecule has 18 heavy (non-hydrogen) atoms. The van der Waals surface area contributed by atoms with E-state index in [2.05, 4.69) is 10.5 Å². The van der Waals surface area contributed by atoms with Crippen LogP contribution < -0.4 is 11.1 Å². The van der Waals surface area contributed by atoms with Gasteiger partial charge in [-0.2, -0.15) is 0 Å². The number of amides is 1. The zero-order valence-corrected chi connectivity index (χ0v) is 11.4. The second-order valence-corrected chi connectivity index (χ2v) is 5.40. The van der Waals surface area contributed by atoms with Gasteiger partial charge < -0.3 is 16.3 Å². The Balaban J connectivity index is 2.47. The average Bonchev–Trinajstić information content (AvgIpc) is 2.81. The molecule has 0 aliphatic carbocycles. The molecule has 0 aliphatic rings. The smallest absolute Gasteiger partial charge is 0.231 e. The van der Waals surface area contributed by atoms with Gasteiger partial charge in [-0.25, -0.2) is 0 Å². The van der Waals surface area contributed by atoms with E-state index in [4.69, 9.17) is 10.9 Å². The number of hydrogen-bond acceptors (Lipinski definition) is 4. The van der Waals surface area contributed by atoms with Crippen molar-refractivity contribution in [2.75, 3.05) is 6.54 Å². The summed E-state index contributed by atoms with van der Waals surface area (Å²) in [6.45, 7) is 4.28. The van der Waals surface area contributed by atoms with Gasteiger partial charge in [-0.3, -0.25) is 4.79 Å². The van der Waals surface area contributed by atoms with Crippen molar-refractivity contribution in [1.29, 1.82) is 0 Å². The molecule has 1 amide bonds. The monoisotopic (exact) mass is 269 g/mol. The first-order valence-electron chi connectivity index (χ1n) is 5.83. The van der Waals surface area contributed by atoms with Gasteiger partial charge in [0.15, 0.2) is 5.84 Å². The molecule has 1 heterocycles. The van der Waals surface area contributed by atoms with Crippen LogP contribution in [-0.4, -0.2) is 23.5 Å². The molecule has 0 radical (unpaired) electrons. The Morgan fingerprint density at radius 2 is 2.33 bits per heavy atom. The van der Waals surface area contributed by atoms with E-state index < -0.39 is 5.92 Å². The SMILES string of the molecule is CC(C)C(C(=O)NCCc1cccs1)C(N)=NO. The van der Waals surface area contributed by atoms with E-state index in [9.17, 15) is 4.79 Å². The van der Waals surface area contributed by atoms with Crippen molar-refractivity contribution < 1.29 is 10.0 Å². The molecule has 4 N–H and O–H groups in total. The third kappa shape index (κ3) is 4.03. The number of nitrogens with one attached hydrogen (secondary N) is 1. The van der Waals surface area contributed by atoms with Crippen molar-refractivity contribution in [1.82, 2.24) is 5.32 Å². The summed E-state index contributed by atoms with van der Waals surface area (Å²) in [5.41, 5.74) is 5.53. The third-order valence-electron chi connectivity index (χ3n) is 2.63. The van der Waals surface area contributed by atoms with Crippen LogP contribution in [0.1, 0.15) is 18.7 Å². The van der Waals surface area contributed by atoms with Gasteiger partial charge in [0.2, 0.25) is 5.91 Å². The summed E-state index contributed by atoms with van der Waals surface area (Å²) in [6.07, 6.45) is 0.796. The number of nitrogens with two attached hydrogens (primary N) is 1. The Hall–Kier alpha value is -1.56. The van der Waals surface area contributed by atoms with Crippen LogP contribution in [0, 0.1) is 11.8 Å². The lowest BCUT2D eigenvalue weighted by molar-refractivity contribution is -0.124. The number of oxime groups is 1. The first kappa shape index (κ1) is 14.5. The summed E-state index contributed by atoms with van der Waals surface area (Å²) < 4.78 is 0. The van der Waals surface area contributed by atoms with Crippen molar-refractivity contribution in [3.8, 4) is 0 Å². The highest BCUT2D eigenvalue weighted by atomic mass is 32.1. The van der Waals surface area contributed by atoms with Gasteiger partial charge in [-0.05, 0) is 23.8 Å². The molecule has 0 bridgehead atoms. The molecule has 6 heteroatoms. The van der Waals surface area contributed by atoms with Gasteiger partial charge in [0, 0.05) is 11.4 Å². The lowest BCUT2D eigenvalue weighted by Gasteiger charge is -2.18. The first-order chi connectivity index (χ1) is 8.56. The summed E-state index contributed by atoms with van der Waals surface area (Å²) in [7, 11) is 0. The van der Waals surface area contributed by atoms with E-state index in [1.54, 1.807) is 11.3 Å².